The number of aromatic carboxylic acids is 1. The van der Waals surface area contributed by atoms with E-state index < -0.39 is 5.97 Å². The third-order valence-corrected chi connectivity index (χ3v) is 2.89. The first kappa shape index (κ1) is 13.9. The number of nitrogens with one attached hydrogen (secondary N) is 1. The molecule has 2 rings (SSSR count). The summed E-state index contributed by atoms with van der Waals surface area (Å²) in [4.78, 5) is 14.7. The van der Waals surface area contributed by atoms with Gasteiger partial charge in [-0.25, -0.2) is 4.79 Å². The molecule has 0 aliphatic carbocycles. The van der Waals surface area contributed by atoms with Crippen LogP contribution in [-0.2, 0) is 6.42 Å². The van der Waals surface area contributed by atoms with Gasteiger partial charge in [-0.05, 0) is 30.2 Å². The van der Waals surface area contributed by atoms with Crippen LogP contribution in [0.5, 0.6) is 5.75 Å². The van der Waals surface area contributed by atoms with Crippen LogP contribution in [-0.4, -0.2) is 29.7 Å². The van der Waals surface area contributed by atoms with Crippen LogP contribution in [0.2, 0.25) is 0 Å². The Hall–Kier alpha value is -2.56. The molecule has 0 unspecified atom stereocenters. The minimum atomic E-state index is -0.976. The van der Waals surface area contributed by atoms with E-state index >= 15 is 0 Å². The van der Waals surface area contributed by atoms with E-state index in [2.05, 4.69) is 10.3 Å². The lowest BCUT2D eigenvalue weighted by atomic mass is 10.1. The highest BCUT2D eigenvalue weighted by molar-refractivity contribution is 5.88. The molecular formula is C15H16N2O3. The van der Waals surface area contributed by atoms with E-state index in [-0.39, 0.29) is 5.56 Å². The fraction of sp³-hybridized carbons (Fsp3) is 0.200. The fourth-order valence-corrected chi connectivity index (χ4v) is 1.80. The molecule has 0 amide bonds. The summed E-state index contributed by atoms with van der Waals surface area (Å²) < 4.78 is 5.10. The number of rotatable bonds is 6. The highest BCUT2D eigenvalue weighted by atomic mass is 16.5. The normalized spacial score (nSPS) is 10.1. The number of hydrogen-bond donors (Lipinski definition) is 2. The number of pyridine rings is 1. The number of benzene rings is 1. The molecule has 0 atom stereocenters. The standard InChI is InChI=1S/C15H16N2O3/c1-20-14-4-2-11(3-5-14)6-7-17-13-8-12(15(18)19)9-16-10-13/h2-5,8-10,17H,6-7H2,1H3,(H,18,19). The van der Waals surface area contributed by atoms with Gasteiger partial charge in [-0.15, -0.1) is 0 Å². The Labute approximate surface area is 117 Å². The van der Waals surface area contributed by atoms with Crippen molar-refractivity contribution >= 4 is 11.7 Å². The quantitative estimate of drug-likeness (QED) is 0.845. The van der Waals surface area contributed by atoms with Gasteiger partial charge in [0.05, 0.1) is 18.4 Å². The number of ether oxygens (including phenoxy) is 1. The molecule has 2 aromatic rings. The Bertz CT molecular complexity index is 582. The fourth-order valence-electron chi connectivity index (χ4n) is 1.80. The molecular weight excluding hydrogens is 256 g/mol. The first-order valence-corrected chi connectivity index (χ1v) is 6.24. The second-order valence-electron chi connectivity index (χ2n) is 4.29. The van der Waals surface area contributed by atoms with Crippen LogP contribution in [0.4, 0.5) is 5.69 Å². The Morgan fingerprint density at radius 2 is 2.05 bits per heavy atom. The van der Waals surface area contributed by atoms with Gasteiger partial charge in [0.15, 0.2) is 0 Å². The second-order valence-corrected chi connectivity index (χ2v) is 4.29. The number of anilines is 1. The van der Waals surface area contributed by atoms with Crippen molar-refractivity contribution in [2.75, 3.05) is 19.0 Å². The Kier molecular flexibility index (Phi) is 4.55. The van der Waals surface area contributed by atoms with Crippen molar-refractivity contribution in [3.8, 4) is 5.75 Å². The molecule has 0 radical (unpaired) electrons. The minimum absolute atomic E-state index is 0.180. The molecule has 0 saturated carbocycles. The van der Waals surface area contributed by atoms with E-state index in [1.165, 1.54) is 11.8 Å². The molecule has 2 N–H and O–H groups in total. The van der Waals surface area contributed by atoms with Crippen LogP contribution in [0.3, 0.4) is 0 Å². The maximum Gasteiger partial charge on any atom is 0.337 e. The molecule has 0 bridgehead atoms. The zero-order chi connectivity index (χ0) is 14.4. The lowest BCUT2D eigenvalue weighted by molar-refractivity contribution is 0.0696. The predicted molar refractivity (Wildman–Crippen MR) is 76.4 cm³/mol. The lowest BCUT2D eigenvalue weighted by Gasteiger charge is -2.07. The van der Waals surface area contributed by atoms with Gasteiger partial charge < -0.3 is 15.2 Å². The van der Waals surface area contributed by atoms with E-state index in [1.807, 2.05) is 24.3 Å². The molecule has 0 spiro atoms. The molecule has 0 saturated heterocycles. The van der Waals surface area contributed by atoms with Crippen molar-refractivity contribution in [3.05, 3.63) is 53.9 Å². The third kappa shape index (κ3) is 3.71. The van der Waals surface area contributed by atoms with E-state index in [0.29, 0.717) is 12.2 Å². The molecule has 0 fully saturated rings. The summed E-state index contributed by atoms with van der Waals surface area (Å²) >= 11 is 0. The number of carboxylic acid groups (broad SMARTS) is 1. The summed E-state index contributed by atoms with van der Waals surface area (Å²) in [6, 6.07) is 9.42. The predicted octanol–water partition coefficient (Wildman–Crippen LogP) is 2.44. The van der Waals surface area contributed by atoms with Crippen LogP contribution in [0.25, 0.3) is 0 Å². The first-order chi connectivity index (χ1) is 9.69. The average Bonchev–Trinajstić information content (AvgIpc) is 2.48. The SMILES string of the molecule is COc1ccc(CCNc2cncc(C(=O)O)c2)cc1. The lowest BCUT2D eigenvalue weighted by Crippen LogP contribution is -2.06. The van der Waals surface area contributed by atoms with Gasteiger partial charge in [0, 0.05) is 18.9 Å². The van der Waals surface area contributed by atoms with Crippen molar-refractivity contribution < 1.29 is 14.6 Å². The van der Waals surface area contributed by atoms with Gasteiger partial charge in [0.2, 0.25) is 0 Å². The smallest absolute Gasteiger partial charge is 0.337 e. The average molecular weight is 272 g/mol. The van der Waals surface area contributed by atoms with E-state index in [9.17, 15) is 4.79 Å². The molecule has 5 nitrogen and oxygen atoms in total. The highest BCUT2D eigenvalue weighted by Crippen LogP contribution is 2.12. The topological polar surface area (TPSA) is 71.5 Å². The van der Waals surface area contributed by atoms with Crippen LogP contribution >= 0.6 is 0 Å². The molecule has 104 valence electrons. The molecule has 5 heteroatoms. The largest absolute Gasteiger partial charge is 0.497 e. The summed E-state index contributed by atoms with van der Waals surface area (Å²) in [7, 11) is 1.64. The highest BCUT2D eigenvalue weighted by Gasteiger charge is 2.03. The molecule has 1 aromatic carbocycles. The van der Waals surface area contributed by atoms with E-state index in [0.717, 1.165) is 12.2 Å². The number of carbonyl (C=O) groups is 1. The van der Waals surface area contributed by atoms with Crippen LogP contribution in [0.15, 0.2) is 42.7 Å². The molecule has 20 heavy (non-hydrogen) atoms. The van der Waals surface area contributed by atoms with E-state index in [4.69, 9.17) is 9.84 Å². The third-order valence-electron chi connectivity index (χ3n) is 2.89. The summed E-state index contributed by atoms with van der Waals surface area (Å²) in [5.74, 6) is -0.142. The molecule has 1 aromatic heterocycles. The summed E-state index contributed by atoms with van der Waals surface area (Å²) in [6.07, 6.45) is 3.78. The van der Waals surface area contributed by atoms with Crippen LogP contribution in [0, 0.1) is 0 Å². The number of aromatic nitrogens is 1. The first-order valence-electron chi connectivity index (χ1n) is 6.24. The Balaban J connectivity index is 1.88. The zero-order valence-electron chi connectivity index (χ0n) is 11.2. The molecule has 0 aliphatic rings. The van der Waals surface area contributed by atoms with Gasteiger partial charge >= 0.3 is 5.97 Å². The maximum absolute atomic E-state index is 10.8. The Morgan fingerprint density at radius 3 is 2.70 bits per heavy atom. The van der Waals surface area contributed by atoms with Gasteiger partial charge in [-0.1, -0.05) is 12.1 Å². The minimum Gasteiger partial charge on any atom is -0.497 e. The van der Waals surface area contributed by atoms with Crippen LogP contribution in [0.1, 0.15) is 15.9 Å². The summed E-state index contributed by atoms with van der Waals surface area (Å²) in [5.41, 5.74) is 2.07. The number of hydrogen-bond acceptors (Lipinski definition) is 4. The molecule has 0 aliphatic heterocycles. The summed E-state index contributed by atoms with van der Waals surface area (Å²) in [5, 5.41) is 12.0. The number of carboxylic acids is 1. The monoisotopic (exact) mass is 272 g/mol. The zero-order valence-corrected chi connectivity index (χ0v) is 11.2. The van der Waals surface area contributed by atoms with Crippen molar-refractivity contribution in [2.45, 2.75) is 6.42 Å². The second kappa shape index (κ2) is 6.56. The number of nitrogens with zero attached hydrogens (tertiary/aromatic N) is 1. The van der Waals surface area contributed by atoms with E-state index in [1.54, 1.807) is 19.4 Å². The van der Waals surface area contributed by atoms with Gasteiger partial charge in [-0.2, -0.15) is 0 Å². The van der Waals surface area contributed by atoms with Gasteiger partial charge in [0.25, 0.3) is 0 Å². The number of methoxy groups -OCH3 is 1. The molecule has 1 heterocycles. The van der Waals surface area contributed by atoms with Crippen molar-refractivity contribution in [2.24, 2.45) is 0 Å². The van der Waals surface area contributed by atoms with Crippen molar-refractivity contribution in [1.29, 1.82) is 0 Å². The maximum atomic E-state index is 10.8. The van der Waals surface area contributed by atoms with Crippen LogP contribution < -0.4 is 10.1 Å². The van der Waals surface area contributed by atoms with Crippen molar-refractivity contribution in [3.63, 3.8) is 0 Å². The Morgan fingerprint density at radius 1 is 1.30 bits per heavy atom. The van der Waals surface area contributed by atoms with Gasteiger partial charge in [-0.3, -0.25) is 4.98 Å². The van der Waals surface area contributed by atoms with Gasteiger partial charge in [0.1, 0.15) is 5.75 Å². The van der Waals surface area contributed by atoms with Crippen molar-refractivity contribution in [1.82, 2.24) is 4.98 Å². The summed E-state index contributed by atoms with van der Waals surface area (Å²) in [6.45, 7) is 0.705.